The van der Waals surface area contributed by atoms with Crippen LogP contribution in [-0.2, 0) is 0 Å². The third-order valence-electron chi connectivity index (χ3n) is 3.47. The van der Waals surface area contributed by atoms with Crippen molar-refractivity contribution < 1.29 is 5.11 Å². The van der Waals surface area contributed by atoms with Crippen molar-refractivity contribution in [2.24, 2.45) is 5.73 Å². The van der Waals surface area contributed by atoms with Crippen molar-refractivity contribution in [1.29, 1.82) is 0 Å². The van der Waals surface area contributed by atoms with E-state index in [2.05, 4.69) is 15.9 Å². The largest absolute Gasteiger partial charge is 0.508 e. The molecule has 3 rings (SSSR count). The van der Waals surface area contributed by atoms with Gasteiger partial charge in [-0.2, -0.15) is 0 Å². The van der Waals surface area contributed by atoms with Crippen molar-refractivity contribution in [3.8, 4) is 5.75 Å². The number of nitrogens with two attached hydrogens (primary N) is 1. The average Bonchev–Trinajstić information content (AvgIpc) is 2.46. The van der Waals surface area contributed by atoms with Gasteiger partial charge in [0, 0.05) is 10.0 Å². The number of rotatable bonds is 2. The Labute approximate surface area is 126 Å². The van der Waals surface area contributed by atoms with Gasteiger partial charge in [-0.1, -0.05) is 58.4 Å². The molecule has 0 aliphatic carbocycles. The molecule has 20 heavy (non-hydrogen) atoms. The highest BCUT2D eigenvalue weighted by molar-refractivity contribution is 9.10. The number of phenols is 1. The molecule has 3 aromatic carbocycles. The smallest absolute Gasteiger partial charge is 0.121 e. The maximum absolute atomic E-state index is 10.2. The highest BCUT2D eigenvalue weighted by Gasteiger charge is 2.16. The number of hydrogen-bond acceptors (Lipinski definition) is 2. The van der Waals surface area contributed by atoms with E-state index in [1.165, 1.54) is 0 Å². The standard InChI is InChI=1S/C17H14BrNO/c18-13-6-3-5-12(10-13)17(19)16-14-7-2-1-4-11(14)8-9-15(16)20/h1-10,17,20H,19H2/t17-/m0/s1. The second-order valence-electron chi connectivity index (χ2n) is 4.75. The summed E-state index contributed by atoms with van der Waals surface area (Å²) in [6, 6.07) is 19.0. The van der Waals surface area contributed by atoms with Crippen LogP contribution in [0.15, 0.2) is 65.1 Å². The van der Waals surface area contributed by atoms with Gasteiger partial charge < -0.3 is 10.8 Å². The summed E-state index contributed by atoms with van der Waals surface area (Å²) in [7, 11) is 0. The van der Waals surface area contributed by atoms with Crippen molar-refractivity contribution in [2.45, 2.75) is 6.04 Å². The van der Waals surface area contributed by atoms with Crippen LogP contribution in [0.2, 0.25) is 0 Å². The summed E-state index contributed by atoms with van der Waals surface area (Å²) in [5.74, 6) is 0.233. The van der Waals surface area contributed by atoms with Crippen LogP contribution in [0.25, 0.3) is 10.8 Å². The number of benzene rings is 3. The van der Waals surface area contributed by atoms with Crippen LogP contribution < -0.4 is 5.73 Å². The first kappa shape index (κ1) is 13.2. The van der Waals surface area contributed by atoms with Crippen molar-refractivity contribution in [1.82, 2.24) is 0 Å². The van der Waals surface area contributed by atoms with Crippen LogP contribution >= 0.6 is 15.9 Å². The second-order valence-corrected chi connectivity index (χ2v) is 5.67. The predicted molar refractivity (Wildman–Crippen MR) is 85.8 cm³/mol. The van der Waals surface area contributed by atoms with Crippen LogP contribution in [-0.4, -0.2) is 5.11 Å². The molecule has 0 radical (unpaired) electrons. The van der Waals surface area contributed by atoms with E-state index in [9.17, 15) is 5.11 Å². The molecule has 3 heteroatoms. The van der Waals surface area contributed by atoms with E-state index in [0.29, 0.717) is 0 Å². The first-order valence-electron chi connectivity index (χ1n) is 6.38. The van der Waals surface area contributed by atoms with Crippen molar-refractivity contribution in [3.63, 3.8) is 0 Å². The zero-order valence-electron chi connectivity index (χ0n) is 10.8. The summed E-state index contributed by atoms with van der Waals surface area (Å²) in [4.78, 5) is 0. The minimum atomic E-state index is -0.362. The van der Waals surface area contributed by atoms with Gasteiger partial charge in [-0.25, -0.2) is 0 Å². The molecule has 0 bridgehead atoms. The normalized spacial score (nSPS) is 12.5. The molecule has 0 unspecified atom stereocenters. The van der Waals surface area contributed by atoms with Crippen molar-refractivity contribution in [3.05, 3.63) is 76.3 Å². The molecule has 0 saturated heterocycles. The Balaban J connectivity index is 2.21. The highest BCUT2D eigenvalue weighted by Crippen LogP contribution is 2.34. The molecule has 3 N–H and O–H groups in total. The number of halogens is 1. The lowest BCUT2D eigenvalue weighted by Gasteiger charge is -2.17. The van der Waals surface area contributed by atoms with Crippen LogP contribution in [0.5, 0.6) is 5.75 Å². The summed E-state index contributed by atoms with van der Waals surface area (Å²) in [6.45, 7) is 0. The first-order valence-corrected chi connectivity index (χ1v) is 7.18. The maximum Gasteiger partial charge on any atom is 0.121 e. The third-order valence-corrected chi connectivity index (χ3v) is 3.96. The number of phenolic OH excluding ortho intramolecular Hbond substituents is 1. The lowest BCUT2D eigenvalue weighted by atomic mass is 9.93. The van der Waals surface area contributed by atoms with E-state index in [1.807, 2.05) is 54.6 Å². The summed E-state index contributed by atoms with van der Waals surface area (Å²) in [5, 5.41) is 12.3. The Hall–Kier alpha value is -1.84. The van der Waals surface area contributed by atoms with E-state index >= 15 is 0 Å². The molecule has 0 fully saturated rings. The molecule has 1 atom stereocenters. The average molecular weight is 328 g/mol. The van der Waals surface area contributed by atoms with E-state index in [4.69, 9.17) is 5.73 Å². The fraction of sp³-hybridized carbons (Fsp3) is 0.0588. The summed E-state index contributed by atoms with van der Waals surface area (Å²) >= 11 is 3.45. The van der Waals surface area contributed by atoms with Gasteiger partial charge in [-0.05, 0) is 34.5 Å². The molecule has 0 spiro atoms. The van der Waals surface area contributed by atoms with Gasteiger partial charge >= 0.3 is 0 Å². The van der Waals surface area contributed by atoms with Crippen LogP contribution in [0.4, 0.5) is 0 Å². The Bertz CT molecular complexity index is 770. The first-order chi connectivity index (χ1) is 9.66. The number of aromatic hydroxyl groups is 1. The molecule has 0 aliphatic rings. The topological polar surface area (TPSA) is 46.2 Å². The van der Waals surface area contributed by atoms with E-state index in [1.54, 1.807) is 6.07 Å². The molecule has 3 aromatic rings. The molecule has 0 aromatic heterocycles. The molecule has 0 amide bonds. The Morgan fingerprint density at radius 2 is 1.75 bits per heavy atom. The second kappa shape index (κ2) is 5.27. The SMILES string of the molecule is N[C@@H](c1cccc(Br)c1)c1c(O)ccc2ccccc12. The van der Waals surface area contributed by atoms with Crippen molar-refractivity contribution in [2.75, 3.05) is 0 Å². The molecule has 0 saturated carbocycles. The van der Waals surface area contributed by atoms with Crippen molar-refractivity contribution >= 4 is 26.7 Å². The molecule has 100 valence electrons. The fourth-order valence-corrected chi connectivity index (χ4v) is 2.89. The number of hydrogen-bond donors (Lipinski definition) is 2. The van der Waals surface area contributed by atoms with Crippen LogP contribution in [0, 0.1) is 0 Å². The zero-order chi connectivity index (χ0) is 14.1. The molecule has 0 heterocycles. The summed E-state index contributed by atoms with van der Waals surface area (Å²) in [5.41, 5.74) is 8.10. The van der Waals surface area contributed by atoms with Gasteiger partial charge in [0.25, 0.3) is 0 Å². The van der Waals surface area contributed by atoms with Gasteiger partial charge in [0.15, 0.2) is 0 Å². The minimum absolute atomic E-state index is 0.233. The van der Waals surface area contributed by atoms with Gasteiger partial charge in [-0.3, -0.25) is 0 Å². The molecule has 2 nitrogen and oxygen atoms in total. The summed E-state index contributed by atoms with van der Waals surface area (Å²) in [6.07, 6.45) is 0. The van der Waals surface area contributed by atoms with Crippen LogP contribution in [0.3, 0.4) is 0 Å². The van der Waals surface area contributed by atoms with Crippen LogP contribution in [0.1, 0.15) is 17.2 Å². The minimum Gasteiger partial charge on any atom is -0.508 e. The lowest BCUT2D eigenvalue weighted by molar-refractivity contribution is 0.466. The highest BCUT2D eigenvalue weighted by atomic mass is 79.9. The lowest BCUT2D eigenvalue weighted by Crippen LogP contribution is -2.12. The summed E-state index contributed by atoms with van der Waals surface area (Å²) < 4.78 is 0.977. The van der Waals surface area contributed by atoms with E-state index < -0.39 is 0 Å². The van der Waals surface area contributed by atoms with Gasteiger partial charge in [-0.15, -0.1) is 0 Å². The van der Waals surface area contributed by atoms with Gasteiger partial charge in [0.1, 0.15) is 5.75 Å². The molecular weight excluding hydrogens is 314 g/mol. The Morgan fingerprint density at radius 1 is 0.950 bits per heavy atom. The monoisotopic (exact) mass is 327 g/mol. The number of fused-ring (bicyclic) bond motifs is 1. The quantitative estimate of drug-likeness (QED) is 0.734. The predicted octanol–water partition coefficient (Wildman–Crippen LogP) is 4.36. The zero-order valence-corrected chi connectivity index (χ0v) is 12.3. The van der Waals surface area contributed by atoms with Gasteiger partial charge in [0.05, 0.1) is 6.04 Å². The van der Waals surface area contributed by atoms with E-state index in [-0.39, 0.29) is 11.8 Å². The van der Waals surface area contributed by atoms with Gasteiger partial charge in [0.2, 0.25) is 0 Å². The van der Waals surface area contributed by atoms with E-state index in [0.717, 1.165) is 26.4 Å². The third kappa shape index (κ3) is 2.30. The molecule has 0 aliphatic heterocycles. The fourth-order valence-electron chi connectivity index (χ4n) is 2.48. The Kier molecular flexibility index (Phi) is 3.47. The Morgan fingerprint density at radius 3 is 2.55 bits per heavy atom. The molecular formula is C17H14BrNO. The maximum atomic E-state index is 10.2.